The highest BCUT2D eigenvalue weighted by molar-refractivity contribution is 6.30. The van der Waals surface area contributed by atoms with Crippen molar-refractivity contribution >= 4 is 40.1 Å². The van der Waals surface area contributed by atoms with Crippen LogP contribution in [0.15, 0.2) is 72.8 Å². The molecule has 3 aromatic carbocycles. The number of rotatable bonds is 4. The van der Waals surface area contributed by atoms with Crippen LogP contribution in [-0.4, -0.2) is 33.5 Å². The molecule has 1 unspecified atom stereocenters. The molecule has 4 aromatic rings. The van der Waals surface area contributed by atoms with Crippen LogP contribution in [-0.2, 0) is 19.5 Å². The summed E-state index contributed by atoms with van der Waals surface area (Å²) in [5, 5.41) is 2.74. The molecule has 0 aliphatic carbocycles. The first kappa shape index (κ1) is 20.6. The number of urea groups is 1. The maximum atomic E-state index is 13.3. The van der Waals surface area contributed by atoms with Gasteiger partial charge in [-0.2, -0.15) is 0 Å². The molecule has 2 amide bonds. The zero-order valence-corrected chi connectivity index (χ0v) is 19.6. The number of fused-ring (bicyclic) bond motifs is 5. The molecule has 0 bridgehead atoms. The first-order valence-corrected chi connectivity index (χ1v) is 12.0. The van der Waals surface area contributed by atoms with E-state index in [0.29, 0.717) is 18.1 Å². The molecule has 166 valence electrons. The van der Waals surface area contributed by atoms with Crippen molar-refractivity contribution in [1.82, 2.24) is 14.4 Å². The Balaban J connectivity index is 1.39. The second-order valence-electron chi connectivity index (χ2n) is 8.84. The molecular formula is C27H23Cl2N3O. The van der Waals surface area contributed by atoms with Gasteiger partial charge in [0.15, 0.2) is 0 Å². The Labute approximate surface area is 202 Å². The minimum absolute atomic E-state index is 0.0493. The van der Waals surface area contributed by atoms with Crippen molar-refractivity contribution in [3.05, 3.63) is 105 Å². The fraction of sp³-hybridized carbons (Fsp3) is 0.222. The SMILES string of the molecule is O=C1N(Cc2ccc(Cl)cc2)CC2c3c(c4ccccc4n3Cc3ccc(Cl)cc3)CCN12. The number of carbonyl (C=O) groups is 1. The summed E-state index contributed by atoms with van der Waals surface area (Å²) in [6.45, 7) is 2.78. The maximum absolute atomic E-state index is 13.3. The van der Waals surface area contributed by atoms with Crippen LogP contribution in [0.4, 0.5) is 4.79 Å². The Morgan fingerprint density at radius 2 is 1.45 bits per heavy atom. The fourth-order valence-corrected chi connectivity index (χ4v) is 5.59. The van der Waals surface area contributed by atoms with Crippen molar-refractivity contribution in [3.63, 3.8) is 0 Å². The second-order valence-corrected chi connectivity index (χ2v) is 9.72. The molecule has 1 saturated heterocycles. The van der Waals surface area contributed by atoms with Crippen molar-refractivity contribution in [2.75, 3.05) is 13.1 Å². The summed E-state index contributed by atoms with van der Waals surface area (Å²) in [4.78, 5) is 17.4. The number of aromatic nitrogens is 1. The first-order chi connectivity index (χ1) is 16.1. The lowest BCUT2D eigenvalue weighted by molar-refractivity contribution is 0.182. The summed E-state index contributed by atoms with van der Waals surface area (Å²) in [6, 6.07) is 24.6. The molecule has 33 heavy (non-hydrogen) atoms. The van der Waals surface area contributed by atoms with Crippen molar-refractivity contribution in [2.24, 2.45) is 0 Å². The Morgan fingerprint density at radius 1 is 0.818 bits per heavy atom. The first-order valence-electron chi connectivity index (χ1n) is 11.2. The average molecular weight is 476 g/mol. The lowest BCUT2D eigenvalue weighted by Gasteiger charge is -2.30. The minimum Gasteiger partial charge on any atom is -0.338 e. The molecule has 3 heterocycles. The summed E-state index contributed by atoms with van der Waals surface area (Å²) in [5.74, 6) is 0. The number of carbonyl (C=O) groups excluding carboxylic acids is 1. The highest BCUT2D eigenvalue weighted by Gasteiger charge is 2.43. The van der Waals surface area contributed by atoms with Crippen molar-refractivity contribution in [3.8, 4) is 0 Å². The molecule has 2 aliphatic rings. The molecule has 1 atom stereocenters. The lowest BCUT2D eigenvalue weighted by atomic mass is 9.98. The number of nitrogens with zero attached hydrogens (tertiary/aromatic N) is 3. The molecule has 1 aromatic heterocycles. The third-order valence-electron chi connectivity index (χ3n) is 6.86. The quantitative estimate of drug-likeness (QED) is 0.329. The molecule has 1 fully saturated rings. The monoisotopic (exact) mass is 475 g/mol. The van der Waals surface area contributed by atoms with Gasteiger partial charge in [0.05, 0.1) is 6.04 Å². The van der Waals surface area contributed by atoms with Gasteiger partial charge in [0.25, 0.3) is 0 Å². The topological polar surface area (TPSA) is 28.5 Å². The molecule has 0 saturated carbocycles. The standard InChI is InChI=1S/C27H23Cl2N3O/c28-20-9-5-18(6-10-20)15-30-17-25-26-23(13-14-31(25)27(30)33)22-3-1-2-4-24(22)32(26)16-19-7-11-21(29)12-8-19/h1-12,25H,13-17H2. The van der Waals surface area contributed by atoms with Crippen LogP contribution < -0.4 is 0 Å². The van der Waals surface area contributed by atoms with Crippen LogP contribution in [0.25, 0.3) is 10.9 Å². The number of amides is 2. The number of hydrogen-bond donors (Lipinski definition) is 0. The van der Waals surface area contributed by atoms with Gasteiger partial charge in [0.2, 0.25) is 0 Å². The van der Waals surface area contributed by atoms with Gasteiger partial charge >= 0.3 is 6.03 Å². The van der Waals surface area contributed by atoms with Crippen LogP contribution in [0.3, 0.4) is 0 Å². The normalized spacial score (nSPS) is 17.5. The van der Waals surface area contributed by atoms with Crippen LogP contribution in [0.2, 0.25) is 10.0 Å². The van der Waals surface area contributed by atoms with Gasteiger partial charge in [-0.25, -0.2) is 4.79 Å². The fourth-order valence-electron chi connectivity index (χ4n) is 5.34. The van der Waals surface area contributed by atoms with Crippen LogP contribution in [0, 0.1) is 0 Å². The van der Waals surface area contributed by atoms with Gasteiger partial charge in [-0.05, 0) is 53.4 Å². The van der Waals surface area contributed by atoms with Gasteiger partial charge < -0.3 is 14.4 Å². The molecule has 6 rings (SSSR count). The zero-order chi connectivity index (χ0) is 22.5. The average Bonchev–Trinajstić information content (AvgIpc) is 3.32. The number of halogens is 2. The smallest absolute Gasteiger partial charge is 0.321 e. The van der Waals surface area contributed by atoms with Gasteiger partial charge in [-0.3, -0.25) is 0 Å². The van der Waals surface area contributed by atoms with E-state index in [1.165, 1.54) is 27.7 Å². The van der Waals surface area contributed by atoms with E-state index in [4.69, 9.17) is 23.2 Å². The van der Waals surface area contributed by atoms with E-state index in [2.05, 4.69) is 45.9 Å². The molecule has 0 N–H and O–H groups in total. The Kier molecular flexibility index (Phi) is 5.08. The summed E-state index contributed by atoms with van der Waals surface area (Å²) in [7, 11) is 0. The second kappa shape index (κ2) is 8.12. The largest absolute Gasteiger partial charge is 0.338 e. The minimum atomic E-state index is 0.0493. The van der Waals surface area contributed by atoms with E-state index in [1.54, 1.807) is 0 Å². The van der Waals surface area contributed by atoms with E-state index in [9.17, 15) is 4.79 Å². The summed E-state index contributed by atoms with van der Waals surface area (Å²) < 4.78 is 2.41. The molecule has 4 nitrogen and oxygen atoms in total. The van der Waals surface area contributed by atoms with Crippen molar-refractivity contribution in [1.29, 1.82) is 0 Å². The van der Waals surface area contributed by atoms with Crippen LogP contribution in [0.5, 0.6) is 0 Å². The lowest BCUT2D eigenvalue weighted by Crippen LogP contribution is -2.37. The van der Waals surface area contributed by atoms with Gasteiger partial charge in [-0.15, -0.1) is 0 Å². The molecular weight excluding hydrogens is 453 g/mol. The van der Waals surface area contributed by atoms with E-state index in [0.717, 1.165) is 30.1 Å². The van der Waals surface area contributed by atoms with E-state index in [-0.39, 0.29) is 12.1 Å². The highest BCUT2D eigenvalue weighted by atomic mass is 35.5. The predicted octanol–water partition coefficient (Wildman–Crippen LogP) is 6.53. The number of para-hydroxylation sites is 1. The maximum Gasteiger partial charge on any atom is 0.321 e. The highest BCUT2D eigenvalue weighted by Crippen LogP contribution is 2.41. The third-order valence-corrected chi connectivity index (χ3v) is 7.37. The van der Waals surface area contributed by atoms with E-state index >= 15 is 0 Å². The molecule has 0 spiro atoms. The number of hydrogen-bond acceptors (Lipinski definition) is 1. The molecule has 6 heteroatoms. The Hall–Kier alpha value is -2.95. The molecule has 0 radical (unpaired) electrons. The Morgan fingerprint density at radius 3 is 2.15 bits per heavy atom. The predicted molar refractivity (Wildman–Crippen MR) is 133 cm³/mol. The van der Waals surface area contributed by atoms with Crippen LogP contribution in [0.1, 0.15) is 28.4 Å². The van der Waals surface area contributed by atoms with Gasteiger partial charge in [0, 0.05) is 52.8 Å². The van der Waals surface area contributed by atoms with E-state index < -0.39 is 0 Å². The third kappa shape index (κ3) is 3.58. The summed E-state index contributed by atoms with van der Waals surface area (Å²) in [6.07, 6.45) is 0.875. The zero-order valence-electron chi connectivity index (χ0n) is 18.0. The summed E-state index contributed by atoms with van der Waals surface area (Å²) >= 11 is 12.2. The van der Waals surface area contributed by atoms with Gasteiger partial charge in [-0.1, -0.05) is 65.7 Å². The van der Waals surface area contributed by atoms with Gasteiger partial charge in [0.1, 0.15) is 0 Å². The van der Waals surface area contributed by atoms with Crippen molar-refractivity contribution in [2.45, 2.75) is 25.6 Å². The number of benzene rings is 3. The van der Waals surface area contributed by atoms with Crippen molar-refractivity contribution < 1.29 is 4.79 Å². The summed E-state index contributed by atoms with van der Waals surface area (Å²) in [5.41, 5.74) is 6.16. The molecule has 2 aliphatic heterocycles. The Bertz CT molecular complexity index is 1340. The van der Waals surface area contributed by atoms with E-state index in [1.807, 2.05) is 41.3 Å². The van der Waals surface area contributed by atoms with Crippen LogP contribution >= 0.6 is 23.2 Å².